The summed E-state index contributed by atoms with van der Waals surface area (Å²) in [6.07, 6.45) is 5.21. The van der Waals surface area contributed by atoms with Crippen LogP contribution in [-0.2, 0) is 57.5 Å². The zero-order valence-corrected chi connectivity index (χ0v) is 80.8. The number of guanidine groups is 4. The molecule has 37 nitrogen and oxygen atoms in total. The van der Waals surface area contributed by atoms with Gasteiger partial charge in [-0.2, -0.15) is 0 Å². The van der Waals surface area contributed by atoms with Crippen LogP contribution in [0.3, 0.4) is 0 Å². The Labute approximate surface area is 787 Å². The molecule has 0 bridgehead atoms. The SMILES string of the molecule is CC(C)CCN(CC(=O)N(CC(N)=O)[C@@H](C)c1ccccc1)C(=O)CN(CCCCNC(=N)N)C(=O)CN(C(=O)CN(CCC(C)C)C(=O)CN(CCCCNC(=N)N)C(=O)CN(C(=O)CN(CCC(C)C)C(=O)CN(CCCCNC(=N)N)C(=O)CN(C(=O)CN(CCC(C)C)C(=O)CNCCCCNC(=N)N)[C@@H](C)c1ccccc1)[C@@H](C)c1ccccc1)[C@@H](C)c1ccccc1. The van der Waals surface area contributed by atoms with Crippen molar-refractivity contribution in [2.75, 3.05) is 157 Å². The van der Waals surface area contributed by atoms with Crippen LogP contribution in [0.15, 0.2) is 121 Å². The molecule has 0 spiro atoms. The lowest BCUT2D eigenvalue weighted by atomic mass is 10.1. The number of nitrogens with zero attached hydrogens (tertiary/aromatic N) is 11. The fraction of sp³-hybridized carbons (Fsp3) is 0.583. The van der Waals surface area contributed by atoms with Gasteiger partial charge in [0.05, 0.1) is 83.1 Å². The summed E-state index contributed by atoms with van der Waals surface area (Å²) < 4.78 is 0. The fourth-order valence-electron chi connectivity index (χ4n) is 14.7. The molecule has 4 rings (SSSR count). The topological polar surface area (TPSA) is 526 Å². The highest BCUT2D eigenvalue weighted by atomic mass is 16.2. The van der Waals surface area contributed by atoms with E-state index in [1.54, 1.807) is 100 Å². The Hall–Kier alpha value is -12.4. The van der Waals surface area contributed by atoms with E-state index in [0.29, 0.717) is 100 Å². The number of primary amides is 1. The van der Waals surface area contributed by atoms with Gasteiger partial charge in [0.15, 0.2) is 23.8 Å². The Morgan fingerprint density at radius 3 is 0.669 bits per heavy atom. The van der Waals surface area contributed by atoms with E-state index in [4.69, 9.17) is 50.3 Å². The highest BCUT2D eigenvalue weighted by Crippen LogP contribution is 2.27. The maximum Gasteiger partial charge on any atom is 0.243 e. The van der Waals surface area contributed by atoms with Gasteiger partial charge in [-0.3, -0.25) is 79.2 Å². The van der Waals surface area contributed by atoms with Crippen molar-refractivity contribution in [3.63, 3.8) is 0 Å². The first-order valence-corrected chi connectivity index (χ1v) is 46.8. The molecule has 37 heteroatoms. The van der Waals surface area contributed by atoms with E-state index in [1.807, 2.05) is 104 Å². The van der Waals surface area contributed by atoms with Crippen molar-refractivity contribution < 1.29 is 57.5 Å². The molecular weight excluding hydrogens is 1700 g/mol. The Morgan fingerprint density at radius 2 is 0.444 bits per heavy atom. The molecule has 0 aliphatic rings. The zero-order valence-electron chi connectivity index (χ0n) is 80.8. The molecule has 12 amide bonds. The lowest BCUT2D eigenvalue weighted by molar-refractivity contribution is -0.150. The van der Waals surface area contributed by atoms with Gasteiger partial charge in [-0.1, -0.05) is 177 Å². The van der Waals surface area contributed by atoms with E-state index in [9.17, 15) is 14.4 Å². The Kier molecular flexibility index (Phi) is 52.0. The van der Waals surface area contributed by atoms with Gasteiger partial charge in [0, 0.05) is 72.0 Å². The number of carbonyl (C=O) groups is 12. The predicted molar refractivity (Wildman–Crippen MR) is 519 cm³/mol. The molecule has 0 saturated carbocycles. The van der Waals surface area contributed by atoms with Crippen molar-refractivity contribution >= 4 is 94.7 Å². The number of carbonyl (C=O) groups excluding carboxylic acids is 12. The molecule has 19 N–H and O–H groups in total. The fourth-order valence-corrected chi connectivity index (χ4v) is 14.7. The molecule has 4 atom stereocenters. The van der Waals surface area contributed by atoms with Crippen molar-refractivity contribution in [3.8, 4) is 0 Å². The average Bonchev–Trinajstić information content (AvgIpc) is 0.832. The second kappa shape index (κ2) is 61.3. The van der Waals surface area contributed by atoms with Crippen molar-refractivity contribution in [1.29, 1.82) is 21.6 Å². The lowest BCUT2D eigenvalue weighted by Crippen LogP contribution is -2.53. The van der Waals surface area contributed by atoms with Crippen LogP contribution in [0.5, 0.6) is 0 Å². The minimum atomic E-state index is -0.848. The van der Waals surface area contributed by atoms with Crippen LogP contribution >= 0.6 is 0 Å². The molecule has 0 fully saturated rings. The molecule has 133 heavy (non-hydrogen) atoms. The first-order chi connectivity index (χ1) is 63.2. The van der Waals surface area contributed by atoms with Crippen molar-refractivity contribution in [3.05, 3.63) is 144 Å². The third-order valence-electron chi connectivity index (χ3n) is 23.1. The molecule has 0 heterocycles. The number of nitrogens with two attached hydrogens (primary N) is 5. The summed E-state index contributed by atoms with van der Waals surface area (Å²) >= 11 is 0. The largest absolute Gasteiger partial charge is 0.370 e. The molecule has 0 saturated heterocycles. The quantitative estimate of drug-likeness (QED) is 0.0148. The van der Waals surface area contributed by atoms with E-state index in [1.165, 1.54) is 53.9 Å². The number of hydrogen-bond acceptors (Lipinski definition) is 17. The van der Waals surface area contributed by atoms with Gasteiger partial charge < -0.3 is 109 Å². The first-order valence-electron chi connectivity index (χ1n) is 46.8. The summed E-state index contributed by atoms with van der Waals surface area (Å²) in [6, 6.07) is 33.0. The Bertz CT molecular complexity index is 4300. The van der Waals surface area contributed by atoms with Crippen LogP contribution < -0.4 is 55.3 Å². The van der Waals surface area contributed by atoms with E-state index in [-0.39, 0.29) is 138 Å². The number of nitrogens with one attached hydrogen (secondary N) is 9. The van der Waals surface area contributed by atoms with E-state index >= 15 is 43.2 Å². The van der Waals surface area contributed by atoms with Gasteiger partial charge >= 0.3 is 0 Å². The summed E-state index contributed by atoms with van der Waals surface area (Å²) in [4.78, 5) is 195. The first kappa shape index (κ1) is 113. The number of rotatable bonds is 64. The van der Waals surface area contributed by atoms with Gasteiger partial charge in [0.2, 0.25) is 70.9 Å². The van der Waals surface area contributed by atoms with Crippen molar-refractivity contribution in [1.82, 2.24) is 80.5 Å². The highest BCUT2D eigenvalue weighted by molar-refractivity contribution is 5.96. The minimum Gasteiger partial charge on any atom is -0.370 e. The Morgan fingerprint density at radius 1 is 0.248 bits per heavy atom. The molecule has 0 aliphatic heterocycles. The number of hydrogen-bond donors (Lipinski definition) is 14. The second-order valence-corrected chi connectivity index (χ2v) is 35.7. The van der Waals surface area contributed by atoms with E-state index < -0.39 is 155 Å². The Balaban J connectivity index is 1.82. The van der Waals surface area contributed by atoms with Gasteiger partial charge in [-0.05, 0) is 157 Å². The average molecular weight is 1850 g/mol. The summed E-state index contributed by atoms with van der Waals surface area (Å²) in [5, 5.41) is 45.1. The van der Waals surface area contributed by atoms with Crippen LogP contribution in [-0.4, -0.2) is 306 Å². The monoisotopic (exact) mass is 1850 g/mol. The second-order valence-electron chi connectivity index (χ2n) is 35.7. The van der Waals surface area contributed by atoms with Crippen LogP contribution in [0.2, 0.25) is 0 Å². The van der Waals surface area contributed by atoms with Crippen LogP contribution in [0, 0.1) is 45.3 Å². The molecule has 0 unspecified atom stereocenters. The standard InChI is InChI=1S/C96H155N25O12/c1-69(2)41-53-114(82(123)57-106-45-25-26-46-107-93(98)99)62-90(131)119(74(10)78-35-19-14-20-36-78)66-86(127)112(51-31-28-48-109-95(102)103)60-84(125)116(55-43-71(5)6)64-92(133)121(76(12)80-39-23-16-24-40-80)68-88(129)113(52-32-29-49-110-96(104)105)61-85(126)117(56-44-72(7)8)65-91(132)120(75(11)79-37-21-15-22-38-79)67-87(128)111(50-30-27-47-108-94(100)101)59-83(124)115(54-42-70(3)4)63-89(130)118(58-81(97)122)73(9)77-33-17-13-18-34-77/h13-24,33-40,69-76,106H,25-32,41-68H2,1-12H3,(H2,97,122)(H4,98,99,107)(H4,100,101,108)(H4,102,103,109)(H4,104,105,110)/t73-,74-,75-,76-/m0/s1. The third kappa shape index (κ3) is 44.1. The van der Waals surface area contributed by atoms with Gasteiger partial charge in [0.25, 0.3) is 0 Å². The van der Waals surface area contributed by atoms with Gasteiger partial charge in [0.1, 0.15) is 19.6 Å². The summed E-state index contributed by atoms with van der Waals surface area (Å²) in [6.45, 7) is 18.8. The molecular formula is C96H155N25O12. The van der Waals surface area contributed by atoms with E-state index in [2.05, 4.69) is 26.6 Å². The maximum atomic E-state index is 15.8. The molecule has 736 valence electrons. The smallest absolute Gasteiger partial charge is 0.243 e. The molecule has 4 aromatic carbocycles. The molecule has 0 aliphatic carbocycles. The van der Waals surface area contributed by atoms with Crippen molar-refractivity contribution in [2.24, 2.45) is 52.3 Å². The maximum absolute atomic E-state index is 15.8. The number of amides is 12. The zero-order chi connectivity index (χ0) is 98.7. The van der Waals surface area contributed by atoms with Crippen LogP contribution in [0.1, 0.15) is 207 Å². The summed E-state index contributed by atoms with van der Waals surface area (Å²) in [5.41, 5.74) is 30.8. The number of benzene rings is 4. The predicted octanol–water partition coefficient (Wildman–Crippen LogP) is 5.46. The van der Waals surface area contributed by atoms with Gasteiger partial charge in [-0.15, -0.1) is 0 Å². The third-order valence-corrected chi connectivity index (χ3v) is 23.1. The lowest BCUT2D eigenvalue weighted by Gasteiger charge is -2.36. The normalized spacial score (nSPS) is 12.0. The highest BCUT2D eigenvalue weighted by Gasteiger charge is 2.37. The number of unbranched alkanes of at least 4 members (excludes halogenated alkanes) is 4. The molecule has 0 radical (unpaired) electrons. The molecule has 4 aromatic rings. The van der Waals surface area contributed by atoms with Crippen LogP contribution in [0.25, 0.3) is 0 Å². The summed E-state index contributed by atoms with van der Waals surface area (Å²) in [7, 11) is 0. The van der Waals surface area contributed by atoms with E-state index in [0.717, 1.165) is 5.56 Å². The summed E-state index contributed by atoms with van der Waals surface area (Å²) in [5.74, 6) is -8.02. The molecule has 0 aromatic heterocycles. The van der Waals surface area contributed by atoms with Crippen molar-refractivity contribution in [2.45, 2.75) is 184 Å². The minimum absolute atomic E-state index is 0.00481. The van der Waals surface area contributed by atoms with Gasteiger partial charge in [-0.25, -0.2) is 0 Å². The van der Waals surface area contributed by atoms with Crippen LogP contribution in [0.4, 0.5) is 0 Å².